The molecule has 15 nitrogen and oxygen atoms in total. The highest BCUT2D eigenvalue weighted by molar-refractivity contribution is 6.31. The highest BCUT2D eigenvalue weighted by Crippen LogP contribution is 2.55. The number of amides is 5. The molecule has 0 spiro atoms. The van der Waals surface area contributed by atoms with Gasteiger partial charge in [-0.3, -0.25) is 38.9 Å². The second kappa shape index (κ2) is 15.2. The number of fused-ring (bicyclic) bond motifs is 2. The van der Waals surface area contributed by atoms with Crippen LogP contribution in [0.2, 0.25) is 5.02 Å². The Morgan fingerprint density at radius 1 is 0.983 bits per heavy atom. The number of hydrogen-bond donors (Lipinski definition) is 2. The van der Waals surface area contributed by atoms with Gasteiger partial charge in [0, 0.05) is 60.4 Å². The Bertz CT molecular complexity index is 2400. The van der Waals surface area contributed by atoms with E-state index in [4.69, 9.17) is 26.2 Å². The lowest BCUT2D eigenvalue weighted by Gasteiger charge is -2.63. The summed E-state index contributed by atoms with van der Waals surface area (Å²) in [6.07, 6.45) is 5.13. The summed E-state index contributed by atoms with van der Waals surface area (Å²) in [6.45, 7) is 10.6. The number of hydrogen-bond acceptors (Lipinski definition) is 11. The number of pyridine rings is 1. The summed E-state index contributed by atoms with van der Waals surface area (Å²) in [6, 6.07) is 14.2. The van der Waals surface area contributed by atoms with Gasteiger partial charge in [-0.05, 0) is 61.7 Å². The molecule has 4 aliphatic rings. The summed E-state index contributed by atoms with van der Waals surface area (Å²) in [5, 5.41) is 19.7. The topological polar surface area (TPSA) is 189 Å². The number of halogens is 1. The van der Waals surface area contributed by atoms with Crippen LogP contribution in [0.3, 0.4) is 0 Å². The molecule has 5 heterocycles. The summed E-state index contributed by atoms with van der Waals surface area (Å²) in [5.41, 5.74) is 2.55. The number of aryl methyl sites for hydroxylation is 1. The Morgan fingerprint density at radius 3 is 2.44 bits per heavy atom. The molecule has 2 aromatic carbocycles. The highest BCUT2D eigenvalue weighted by Gasteiger charge is 2.64. The van der Waals surface area contributed by atoms with Gasteiger partial charge in [-0.2, -0.15) is 10.4 Å². The van der Waals surface area contributed by atoms with Crippen LogP contribution in [0.4, 0.5) is 5.82 Å². The Hall–Kier alpha value is -6.27. The van der Waals surface area contributed by atoms with E-state index >= 15 is 0 Å². The molecule has 1 unspecified atom stereocenters. The zero-order valence-corrected chi connectivity index (χ0v) is 33.8. The fraction of sp³-hybridized carbons (Fsp3) is 0.395. The molecule has 5 amide bonds. The second-order valence-corrected chi connectivity index (χ2v) is 17.0. The molecule has 3 aliphatic heterocycles. The second-order valence-electron chi connectivity index (χ2n) is 16.6. The molecule has 16 heteroatoms. The van der Waals surface area contributed by atoms with E-state index in [1.54, 1.807) is 36.5 Å². The summed E-state index contributed by atoms with van der Waals surface area (Å²) in [4.78, 5) is 71.1. The lowest BCUT2D eigenvalue weighted by Crippen LogP contribution is -2.74. The summed E-state index contributed by atoms with van der Waals surface area (Å²) < 4.78 is 14.2. The van der Waals surface area contributed by atoms with Crippen LogP contribution in [-0.4, -0.2) is 74.0 Å². The number of piperidine rings is 1. The Kier molecular flexibility index (Phi) is 10.2. The van der Waals surface area contributed by atoms with Crippen molar-refractivity contribution in [3.8, 4) is 17.6 Å². The van der Waals surface area contributed by atoms with Gasteiger partial charge in [0.15, 0.2) is 0 Å². The average molecular weight is 819 g/mol. The number of benzene rings is 2. The summed E-state index contributed by atoms with van der Waals surface area (Å²) in [7, 11) is 0. The third-order valence-corrected chi connectivity index (χ3v) is 12.2. The number of nitrogens with zero attached hydrogens (tertiary/aromatic N) is 6. The number of nitriles is 1. The minimum atomic E-state index is -1.01. The number of carbonyl (C=O) groups is 5. The molecular weight excluding hydrogens is 776 g/mol. The SMILES string of the molecule is CC1(C)[C@H](NC(=O)c2ccc(N3Cc4cn(CCCCOc5ccc6c(c5)C(=O)N(C5CCC(=O)NC5=O)C6=O)nc4C3)nc2)C(C)(C)[C@H]1Oc1ccc(C#N)c(Cl)c1. The van der Waals surface area contributed by atoms with Gasteiger partial charge in [0.25, 0.3) is 17.7 Å². The van der Waals surface area contributed by atoms with E-state index in [0.29, 0.717) is 53.9 Å². The van der Waals surface area contributed by atoms with Crippen LogP contribution in [-0.2, 0) is 29.2 Å². The number of rotatable bonds is 12. The molecule has 59 heavy (non-hydrogen) atoms. The predicted molar refractivity (Wildman–Crippen MR) is 214 cm³/mol. The van der Waals surface area contributed by atoms with Crippen molar-refractivity contribution < 1.29 is 33.4 Å². The number of nitrogens with one attached hydrogen (secondary N) is 2. The van der Waals surface area contributed by atoms with E-state index < -0.39 is 40.5 Å². The molecule has 0 radical (unpaired) electrons. The first-order chi connectivity index (χ1) is 28.1. The van der Waals surface area contributed by atoms with Crippen LogP contribution in [0, 0.1) is 22.2 Å². The van der Waals surface area contributed by atoms with E-state index in [9.17, 15) is 29.2 Å². The van der Waals surface area contributed by atoms with E-state index in [1.807, 2.05) is 16.9 Å². The van der Waals surface area contributed by atoms with Crippen molar-refractivity contribution in [2.24, 2.45) is 10.8 Å². The number of carbonyl (C=O) groups excluding carboxylic acids is 5. The van der Waals surface area contributed by atoms with Crippen LogP contribution >= 0.6 is 11.6 Å². The average Bonchev–Trinajstić information content (AvgIpc) is 3.85. The number of anilines is 1. The quantitative estimate of drug-likeness (QED) is 0.141. The maximum atomic E-state index is 13.4. The van der Waals surface area contributed by atoms with Crippen molar-refractivity contribution >= 4 is 47.0 Å². The third kappa shape index (κ3) is 7.26. The molecule has 2 fully saturated rings. The van der Waals surface area contributed by atoms with Crippen molar-refractivity contribution in [1.29, 1.82) is 5.26 Å². The van der Waals surface area contributed by atoms with Gasteiger partial charge >= 0.3 is 0 Å². The number of aromatic nitrogens is 3. The van der Waals surface area contributed by atoms with Crippen LogP contribution in [0.1, 0.15) is 101 Å². The van der Waals surface area contributed by atoms with Gasteiger partial charge in [-0.25, -0.2) is 4.98 Å². The first-order valence-electron chi connectivity index (χ1n) is 19.6. The maximum Gasteiger partial charge on any atom is 0.262 e. The molecule has 304 valence electrons. The monoisotopic (exact) mass is 818 g/mol. The molecule has 8 rings (SSSR count). The lowest BCUT2D eigenvalue weighted by molar-refractivity contribution is -0.164. The van der Waals surface area contributed by atoms with E-state index in [0.717, 1.165) is 34.8 Å². The van der Waals surface area contributed by atoms with Crippen molar-refractivity contribution in [3.05, 3.63) is 99.5 Å². The Labute approximate surface area is 345 Å². The van der Waals surface area contributed by atoms with E-state index in [1.165, 1.54) is 12.1 Å². The Balaban J connectivity index is 0.784. The van der Waals surface area contributed by atoms with Crippen molar-refractivity contribution in [1.82, 2.24) is 30.3 Å². The zero-order valence-electron chi connectivity index (χ0n) is 33.1. The van der Waals surface area contributed by atoms with Gasteiger partial charge in [0.05, 0.1) is 46.1 Å². The minimum absolute atomic E-state index is 0.0618. The van der Waals surface area contributed by atoms with Crippen molar-refractivity contribution in [2.45, 2.75) is 91.2 Å². The fourth-order valence-corrected chi connectivity index (χ4v) is 9.32. The van der Waals surface area contributed by atoms with Gasteiger partial charge in [0.2, 0.25) is 11.8 Å². The van der Waals surface area contributed by atoms with Crippen LogP contribution in [0.15, 0.2) is 60.9 Å². The largest absolute Gasteiger partial charge is 0.494 e. The molecule has 1 atom stereocenters. The van der Waals surface area contributed by atoms with E-state index in [2.05, 4.69) is 54.3 Å². The zero-order chi connectivity index (χ0) is 41.8. The van der Waals surface area contributed by atoms with Crippen molar-refractivity contribution in [3.63, 3.8) is 0 Å². The maximum absolute atomic E-state index is 13.4. The van der Waals surface area contributed by atoms with Crippen LogP contribution in [0.5, 0.6) is 11.5 Å². The van der Waals surface area contributed by atoms with Crippen LogP contribution in [0.25, 0.3) is 0 Å². The predicted octanol–water partition coefficient (Wildman–Crippen LogP) is 5.20. The minimum Gasteiger partial charge on any atom is -0.494 e. The fourth-order valence-electron chi connectivity index (χ4n) is 9.11. The standard InChI is InChI=1S/C43H43ClN8O7/c1-42(2)40(43(3,4)41(42)59-28-9-7-24(19-45)31(44)18-28)48-36(54)25-8-13-34(46-20-25)50-21-26-22-51(49-32(26)23-50)15-5-6-16-58-27-10-11-29-30(17-27)39(57)52(38(29)56)33-12-14-35(53)47-37(33)55/h7-11,13,17-18,20,22,33,40-41H,5-6,12,14-16,21,23H2,1-4H3,(H,48,54)(H,47,53,55)/t33?,40-,41-. The molecule has 1 aliphatic carbocycles. The molecule has 2 N–H and O–H groups in total. The Morgan fingerprint density at radius 2 is 1.75 bits per heavy atom. The molecule has 1 saturated heterocycles. The lowest BCUT2D eigenvalue weighted by atomic mass is 9.49. The first kappa shape index (κ1) is 39.6. The summed E-state index contributed by atoms with van der Waals surface area (Å²) >= 11 is 6.24. The van der Waals surface area contributed by atoms with Crippen molar-refractivity contribution in [2.75, 3.05) is 11.5 Å². The molecular formula is C43H43ClN8O7. The van der Waals surface area contributed by atoms with Gasteiger partial charge in [-0.15, -0.1) is 0 Å². The third-order valence-electron chi connectivity index (χ3n) is 11.9. The van der Waals surface area contributed by atoms with E-state index in [-0.39, 0.29) is 42.0 Å². The number of ether oxygens (including phenoxy) is 2. The highest BCUT2D eigenvalue weighted by atomic mass is 35.5. The molecule has 2 aromatic heterocycles. The molecule has 4 aromatic rings. The van der Waals surface area contributed by atoms with Crippen LogP contribution < -0.4 is 25.0 Å². The smallest absolute Gasteiger partial charge is 0.262 e. The molecule has 1 saturated carbocycles. The number of unbranched alkanes of at least 4 members (excludes halogenated alkanes) is 1. The normalized spacial score (nSPS) is 21.3. The summed E-state index contributed by atoms with van der Waals surface area (Å²) in [5.74, 6) is -0.617. The van der Waals surface area contributed by atoms with Gasteiger partial charge in [-0.1, -0.05) is 39.3 Å². The van der Waals surface area contributed by atoms with Gasteiger partial charge < -0.3 is 19.7 Å². The molecule has 0 bridgehead atoms. The van der Waals surface area contributed by atoms with Gasteiger partial charge in [0.1, 0.15) is 35.5 Å². The number of imide groups is 2. The first-order valence-corrected chi connectivity index (χ1v) is 20.0.